The van der Waals surface area contributed by atoms with Crippen LogP contribution in [0.25, 0.3) is 22.6 Å². The lowest BCUT2D eigenvalue weighted by atomic mass is 10.2. The van der Waals surface area contributed by atoms with Crippen LogP contribution in [0.5, 0.6) is 11.5 Å². The molecule has 1 unspecified atom stereocenters. The number of aromatic nitrogens is 3. The van der Waals surface area contributed by atoms with E-state index in [-0.39, 0.29) is 6.04 Å². The molecule has 0 bridgehead atoms. The number of pyridine rings is 1. The number of hydrogen-bond donors (Lipinski definition) is 1. The third-order valence-electron chi connectivity index (χ3n) is 4.03. The first-order valence-electron chi connectivity index (χ1n) is 7.71. The third-order valence-corrected chi connectivity index (χ3v) is 4.03. The van der Waals surface area contributed by atoms with Gasteiger partial charge in [0, 0.05) is 30.9 Å². The van der Waals surface area contributed by atoms with E-state index < -0.39 is 0 Å². The summed E-state index contributed by atoms with van der Waals surface area (Å²) >= 11 is 0. The minimum Gasteiger partial charge on any atom is -0.486 e. The van der Waals surface area contributed by atoms with Gasteiger partial charge >= 0.3 is 0 Å². The molecule has 118 valence electrons. The molecule has 0 aliphatic carbocycles. The van der Waals surface area contributed by atoms with Gasteiger partial charge in [-0.2, -0.15) is 0 Å². The number of nitrogens with two attached hydrogens (primary N) is 1. The summed E-state index contributed by atoms with van der Waals surface area (Å²) in [5.41, 5.74) is 8.57. The van der Waals surface area contributed by atoms with Crippen molar-refractivity contribution in [2.24, 2.45) is 5.73 Å². The summed E-state index contributed by atoms with van der Waals surface area (Å²) in [4.78, 5) is 9.20. The number of ether oxygens (including phenoxy) is 2. The molecular formula is C17H18N4O2. The van der Waals surface area contributed by atoms with Gasteiger partial charge in [0.1, 0.15) is 18.9 Å². The molecule has 0 radical (unpaired) electrons. The van der Waals surface area contributed by atoms with Gasteiger partial charge in [-0.15, -0.1) is 0 Å². The molecule has 2 N–H and O–H groups in total. The molecule has 3 heterocycles. The molecule has 1 aliphatic heterocycles. The van der Waals surface area contributed by atoms with Crippen molar-refractivity contribution in [1.82, 2.24) is 14.5 Å². The molecular weight excluding hydrogens is 292 g/mol. The van der Waals surface area contributed by atoms with Crippen molar-refractivity contribution < 1.29 is 9.47 Å². The van der Waals surface area contributed by atoms with Crippen molar-refractivity contribution in [3.8, 4) is 23.0 Å². The standard InChI is InChI=1S/C17H18N4O2/c1-11(10-18)21-14-9-16-15(22-6-7-23-16)8-13(14)20-17(21)12-4-2-3-5-19-12/h2-5,8-9,11H,6-7,10,18H2,1H3. The van der Waals surface area contributed by atoms with Crippen LogP contribution in [0.15, 0.2) is 36.5 Å². The molecule has 0 saturated carbocycles. The van der Waals surface area contributed by atoms with Crippen LogP contribution in [-0.2, 0) is 0 Å². The van der Waals surface area contributed by atoms with Gasteiger partial charge in [0.25, 0.3) is 0 Å². The Hall–Kier alpha value is -2.60. The molecule has 0 spiro atoms. The highest BCUT2D eigenvalue weighted by Gasteiger charge is 2.21. The van der Waals surface area contributed by atoms with Gasteiger partial charge < -0.3 is 19.8 Å². The Morgan fingerprint density at radius 3 is 2.70 bits per heavy atom. The lowest BCUT2D eigenvalue weighted by Crippen LogP contribution is -2.18. The molecule has 0 fully saturated rings. The number of benzene rings is 1. The molecule has 6 heteroatoms. The van der Waals surface area contributed by atoms with Crippen LogP contribution < -0.4 is 15.2 Å². The normalized spacial score (nSPS) is 14.9. The fourth-order valence-electron chi connectivity index (χ4n) is 2.86. The van der Waals surface area contributed by atoms with E-state index in [9.17, 15) is 0 Å². The largest absolute Gasteiger partial charge is 0.486 e. The molecule has 3 aromatic rings. The van der Waals surface area contributed by atoms with E-state index in [1.807, 2.05) is 30.3 Å². The van der Waals surface area contributed by atoms with Gasteiger partial charge in [0.15, 0.2) is 17.3 Å². The topological polar surface area (TPSA) is 75.2 Å². The van der Waals surface area contributed by atoms with E-state index in [0.29, 0.717) is 19.8 Å². The van der Waals surface area contributed by atoms with Crippen molar-refractivity contribution in [2.45, 2.75) is 13.0 Å². The van der Waals surface area contributed by atoms with Crippen LogP contribution in [-0.4, -0.2) is 34.3 Å². The van der Waals surface area contributed by atoms with Gasteiger partial charge in [-0.1, -0.05) is 6.07 Å². The van der Waals surface area contributed by atoms with E-state index in [4.69, 9.17) is 20.2 Å². The van der Waals surface area contributed by atoms with Crippen molar-refractivity contribution in [1.29, 1.82) is 0 Å². The number of nitrogens with zero attached hydrogens (tertiary/aromatic N) is 3. The molecule has 23 heavy (non-hydrogen) atoms. The second kappa shape index (κ2) is 5.55. The van der Waals surface area contributed by atoms with Crippen LogP contribution in [0, 0.1) is 0 Å². The summed E-state index contributed by atoms with van der Waals surface area (Å²) in [6, 6.07) is 9.80. The van der Waals surface area contributed by atoms with Crippen molar-refractivity contribution in [3.63, 3.8) is 0 Å². The van der Waals surface area contributed by atoms with E-state index in [0.717, 1.165) is 34.1 Å². The number of fused-ring (bicyclic) bond motifs is 2. The van der Waals surface area contributed by atoms with Gasteiger partial charge in [-0.05, 0) is 19.1 Å². The molecule has 4 rings (SSSR count). The number of hydrogen-bond acceptors (Lipinski definition) is 5. The first-order chi connectivity index (χ1) is 11.3. The monoisotopic (exact) mass is 310 g/mol. The van der Waals surface area contributed by atoms with E-state index in [1.165, 1.54) is 0 Å². The summed E-state index contributed by atoms with van der Waals surface area (Å²) in [6.45, 7) is 3.71. The Bertz CT molecular complexity index is 845. The predicted molar refractivity (Wildman–Crippen MR) is 87.7 cm³/mol. The minimum absolute atomic E-state index is 0.0968. The average Bonchev–Trinajstić information content (AvgIpc) is 2.98. The second-order valence-electron chi connectivity index (χ2n) is 5.59. The highest BCUT2D eigenvalue weighted by molar-refractivity contribution is 5.84. The number of rotatable bonds is 3. The molecule has 6 nitrogen and oxygen atoms in total. The highest BCUT2D eigenvalue weighted by atomic mass is 16.6. The zero-order valence-corrected chi connectivity index (χ0v) is 12.9. The van der Waals surface area contributed by atoms with Crippen molar-refractivity contribution >= 4 is 11.0 Å². The van der Waals surface area contributed by atoms with E-state index >= 15 is 0 Å². The maximum atomic E-state index is 5.91. The fraction of sp³-hybridized carbons (Fsp3) is 0.294. The summed E-state index contributed by atoms with van der Waals surface area (Å²) in [5.74, 6) is 2.30. The lowest BCUT2D eigenvalue weighted by Gasteiger charge is -2.19. The molecule has 0 amide bonds. The first-order valence-corrected chi connectivity index (χ1v) is 7.71. The van der Waals surface area contributed by atoms with Crippen LogP contribution >= 0.6 is 0 Å². The van der Waals surface area contributed by atoms with Crippen LogP contribution in [0.1, 0.15) is 13.0 Å². The maximum Gasteiger partial charge on any atom is 0.163 e. The molecule has 2 aromatic heterocycles. The highest BCUT2D eigenvalue weighted by Crippen LogP contribution is 2.37. The summed E-state index contributed by atoms with van der Waals surface area (Å²) in [6.07, 6.45) is 1.77. The van der Waals surface area contributed by atoms with Gasteiger partial charge in [0.2, 0.25) is 0 Å². The Morgan fingerprint density at radius 2 is 2.00 bits per heavy atom. The smallest absolute Gasteiger partial charge is 0.163 e. The maximum absolute atomic E-state index is 5.91. The molecule has 0 saturated heterocycles. The minimum atomic E-state index is 0.0968. The molecule has 1 aliphatic rings. The van der Waals surface area contributed by atoms with Gasteiger partial charge in [0.05, 0.1) is 11.0 Å². The SMILES string of the molecule is CC(CN)n1c(-c2ccccn2)nc2cc3c(cc21)OCCO3. The van der Waals surface area contributed by atoms with Crippen LogP contribution in [0.2, 0.25) is 0 Å². The second-order valence-corrected chi connectivity index (χ2v) is 5.59. The Morgan fingerprint density at radius 1 is 1.22 bits per heavy atom. The zero-order chi connectivity index (χ0) is 15.8. The number of imidazole rings is 1. The Kier molecular flexibility index (Phi) is 3.38. The van der Waals surface area contributed by atoms with Gasteiger partial charge in [-0.25, -0.2) is 4.98 Å². The zero-order valence-electron chi connectivity index (χ0n) is 12.9. The average molecular weight is 310 g/mol. The van der Waals surface area contributed by atoms with Crippen LogP contribution in [0.4, 0.5) is 0 Å². The van der Waals surface area contributed by atoms with E-state index in [2.05, 4.69) is 16.5 Å². The van der Waals surface area contributed by atoms with Crippen molar-refractivity contribution in [3.05, 3.63) is 36.5 Å². The van der Waals surface area contributed by atoms with Gasteiger partial charge in [-0.3, -0.25) is 4.98 Å². The third kappa shape index (κ3) is 2.31. The predicted octanol–water partition coefficient (Wildman–Crippen LogP) is 2.39. The molecule has 1 atom stereocenters. The summed E-state index contributed by atoms with van der Waals surface area (Å²) in [5, 5.41) is 0. The Labute approximate surface area is 133 Å². The lowest BCUT2D eigenvalue weighted by molar-refractivity contribution is 0.172. The van der Waals surface area contributed by atoms with E-state index in [1.54, 1.807) is 6.20 Å². The molecule has 1 aromatic carbocycles. The first kappa shape index (κ1) is 14.0. The Balaban J connectivity index is 1.98. The van der Waals surface area contributed by atoms with Crippen molar-refractivity contribution in [2.75, 3.05) is 19.8 Å². The van der Waals surface area contributed by atoms with Crippen LogP contribution in [0.3, 0.4) is 0 Å². The summed E-state index contributed by atoms with van der Waals surface area (Å²) < 4.78 is 13.5. The fourth-order valence-corrected chi connectivity index (χ4v) is 2.86. The summed E-state index contributed by atoms with van der Waals surface area (Å²) in [7, 11) is 0. The quantitative estimate of drug-likeness (QED) is 0.804.